The van der Waals surface area contributed by atoms with Gasteiger partial charge in [-0.05, 0) is 31.4 Å². The van der Waals surface area contributed by atoms with Crippen molar-refractivity contribution in [3.63, 3.8) is 0 Å². The maximum atomic E-state index is 9.78. The predicted octanol–water partition coefficient (Wildman–Crippen LogP) is 4.98. The number of aryl methyl sites for hydroxylation is 1. The summed E-state index contributed by atoms with van der Waals surface area (Å²) in [6, 6.07) is 7.76. The van der Waals surface area contributed by atoms with Gasteiger partial charge in [0, 0.05) is 0 Å². The first-order chi connectivity index (χ1) is 11.1. The molecule has 2 atom stereocenters. The third-order valence-electron chi connectivity index (χ3n) is 3.62. The molecule has 1 rings (SSSR count). The van der Waals surface area contributed by atoms with Gasteiger partial charge in [-0.3, -0.25) is 4.52 Å². The number of aliphatic hydroxyl groups is 1. The molecule has 0 heterocycles. The third kappa shape index (κ3) is 9.93. The maximum absolute atomic E-state index is 9.78. The Kier molecular flexibility index (Phi) is 11.3. The molecule has 23 heavy (non-hydrogen) atoms. The Morgan fingerprint density at radius 2 is 1.70 bits per heavy atom. The molecular formula is C18H31O4P. The van der Waals surface area contributed by atoms with E-state index in [1.54, 1.807) is 6.92 Å². The van der Waals surface area contributed by atoms with Gasteiger partial charge in [-0.15, -0.1) is 0 Å². The van der Waals surface area contributed by atoms with Crippen molar-refractivity contribution in [3.05, 3.63) is 29.8 Å². The van der Waals surface area contributed by atoms with Crippen LogP contribution >= 0.6 is 8.60 Å². The zero-order valence-corrected chi connectivity index (χ0v) is 15.3. The summed E-state index contributed by atoms with van der Waals surface area (Å²) in [6.07, 6.45) is 9.26. The Hall–Kier alpha value is -0.670. The van der Waals surface area contributed by atoms with E-state index < -0.39 is 14.7 Å². The molecule has 1 aromatic rings. The van der Waals surface area contributed by atoms with Crippen LogP contribution in [0.15, 0.2) is 24.3 Å². The largest absolute Gasteiger partial charge is 0.427 e. The summed E-state index contributed by atoms with van der Waals surface area (Å²) < 4.78 is 10.6. The van der Waals surface area contributed by atoms with E-state index in [0.717, 1.165) is 18.4 Å². The summed E-state index contributed by atoms with van der Waals surface area (Å²) in [5.74, 6) is 0.678. The highest BCUT2D eigenvalue weighted by Crippen LogP contribution is 2.37. The summed E-state index contributed by atoms with van der Waals surface area (Å²) in [4.78, 5) is 9.78. The molecular weight excluding hydrogens is 311 g/mol. The van der Waals surface area contributed by atoms with Crippen molar-refractivity contribution in [1.82, 2.24) is 0 Å². The first-order valence-electron chi connectivity index (χ1n) is 8.69. The molecule has 0 bridgehead atoms. The fourth-order valence-electron chi connectivity index (χ4n) is 2.35. The Balaban J connectivity index is 2.32. The van der Waals surface area contributed by atoms with Crippen LogP contribution in [0.2, 0.25) is 0 Å². The summed E-state index contributed by atoms with van der Waals surface area (Å²) in [6.45, 7) is 3.91. The smallest absolute Gasteiger partial charge is 0.394 e. The maximum Gasteiger partial charge on any atom is 0.394 e. The second-order valence-electron chi connectivity index (χ2n) is 5.95. The molecule has 5 heteroatoms. The fraction of sp³-hybridized carbons (Fsp3) is 0.667. The number of rotatable bonds is 13. The SMILES string of the molecule is CCCCCCCCCc1ccccc1OP(O)OCC(C)O. The first-order valence-corrected chi connectivity index (χ1v) is 9.82. The van der Waals surface area contributed by atoms with E-state index in [9.17, 15) is 4.89 Å². The van der Waals surface area contributed by atoms with Gasteiger partial charge in [-0.2, -0.15) is 0 Å². The minimum absolute atomic E-state index is 0.0716. The standard InChI is InChI=1S/C18H31O4P/c1-3-4-5-6-7-8-9-12-17-13-10-11-14-18(17)22-23(20)21-15-16(2)19/h10-11,13-14,16,19-20H,3-9,12,15H2,1-2H3. The molecule has 1 aromatic carbocycles. The second kappa shape index (κ2) is 12.7. The summed E-state index contributed by atoms with van der Waals surface area (Å²) in [7, 11) is -1.99. The normalized spacial score (nSPS) is 13.7. The fourth-order valence-corrected chi connectivity index (χ4v) is 3.10. The predicted molar refractivity (Wildman–Crippen MR) is 95.5 cm³/mol. The van der Waals surface area contributed by atoms with Gasteiger partial charge in [0.1, 0.15) is 5.75 Å². The van der Waals surface area contributed by atoms with Gasteiger partial charge in [0.25, 0.3) is 0 Å². The van der Waals surface area contributed by atoms with Crippen molar-refractivity contribution in [2.75, 3.05) is 6.61 Å². The number of hydrogen-bond donors (Lipinski definition) is 2. The number of hydrogen-bond acceptors (Lipinski definition) is 4. The molecule has 132 valence electrons. The van der Waals surface area contributed by atoms with E-state index in [1.165, 1.54) is 38.5 Å². The van der Waals surface area contributed by atoms with E-state index in [4.69, 9.17) is 14.2 Å². The van der Waals surface area contributed by atoms with Crippen LogP contribution < -0.4 is 4.52 Å². The van der Waals surface area contributed by atoms with Gasteiger partial charge in [0.2, 0.25) is 0 Å². The quantitative estimate of drug-likeness (QED) is 0.392. The molecule has 0 saturated heterocycles. The first kappa shape index (κ1) is 20.4. The van der Waals surface area contributed by atoms with Crippen LogP contribution in [0.5, 0.6) is 5.75 Å². The minimum Gasteiger partial charge on any atom is -0.427 e. The molecule has 0 aliphatic rings. The van der Waals surface area contributed by atoms with Gasteiger partial charge >= 0.3 is 8.60 Å². The van der Waals surface area contributed by atoms with E-state index in [2.05, 4.69) is 6.92 Å². The highest BCUT2D eigenvalue weighted by Gasteiger charge is 2.13. The molecule has 0 radical (unpaired) electrons. The van der Waals surface area contributed by atoms with E-state index >= 15 is 0 Å². The molecule has 0 aliphatic carbocycles. The van der Waals surface area contributed by atoms with Crippen LogP contribution in [0.3, 0.4) is 0 Å². The molecule has 4 nitrogen and oxygen atoms in total. The Morgan fingerprint density at radius 3 is 2.39 bits per heavy atom. The van der Waals surface area contributed by atoms with Crippen molar-refractivity contribution in [2.24, 2.45) is 0 Å². The lowest BCUT2D eigenvalue weighted by molar-refractivity contribution is 0.114. The van der Waals surface area contributed by atoms with Gasteiger partial charge < -0.3 is 14.5 Å². The average Bonchev–Trinajstić information content (AvgIpc) is 2.53. The van der Waals surface area contributed by atoms with Crippen LogP contribution in [0.25, 0.3) is 0 Å². The molecule has 2 N–H and O–H groups in total. The number of aliphatic hydroxyl groups excluding tert-OH is 1. The van der Waals surface area contributed by atoms with Crippen molar-refractivity contribution >= 4 is 8.60 Å². The molecule has 2 unspecified atom stereocenters. The average molecular weight is 342 g/mol. The van der Waals surface area contributed by atoms with E-state index in [-0.39, 0.29) is 6.61 Å². The third-order valence-corrected chi connectivity index (χ3v) is 4.35. The summed E-state index contributed by atoms with van der Waals surface area (Å²) in [5.41, 5.74) is 1.10. The lowest BCUT2D eigenvalue weighted by Gasteiger charge is -2.15. The Bertz CT molecular complexity index is 412. The van der Waals surface area contributed by atoms with Gasteiger partial charge in [-0.1, -0.05) is 63.6 Å². The van der Waals surface area contributed by atoms with Crippen molar-refractivity contribution in [3.8, 4) is 5.75 Å². The summed E-state index contributed by atoms with van der Waals surface area (Å²) >= 11 is 0. The zero-order valence-electron chi connectivity index (χ0n) is 14.4. The number of unbranched alkanes of at least 4 members (excludes halogenated alkanes) is 6. The summed E-state index contributed by atoms with van der Waals surface area (Å²) in [5, 5.41) is 9.16. The van der Waals surface area contributed by atoms with Crippen LogP contribution in [0.4, 0.5) is 0 Å². The monoisotopic (exact) mass is 342 g/mol. The van der Waals surface area contributed by atoms with Crippen LogP contribution in [0.1, 0.15) is 64.4 Å². The lowest BCUT2D eigenvalue weighted by Crippen LogP contribution is -2.09. The minimum atomic E-state index is -1.99. The van der Waals surface area contributed by atoms with Crippen LogP contribution in [-0.4, -0.2) is 22.7 Å². The van der Waals surface area contributed by atoms with Crippen molar-refractivity contribution in [2.45, 2.75) is 71.3 Å². The molecule has 0 aromatic heterocycles. The van der Waals surface area contributed by atoms with E-state index in [1.807, 2.05) is 24.3 Å². The van der Waals surface area contributed by atoms with Gasteiger partial charge in [-0.25, -0.2) is 0 Å². The molecule has 0 amide bonds. The zero-order chi connectivity index (χ0) is 16.9. The van der Waals surface area contributed by atoms with Gasteiger partial charge in [0.15, 0.2) is 0 Å². The van der Waals surface area contributed by atoms with Crippen LogP contribution in [0, 0.1) is 0 Å². The van der Waals surface area contributed by atoms with Crippen molar-refractivity contribution < 1.29 is 19.0 Å². The van der Waals surface area contributed by atoms with E-state index in [0.29, 0.717) is 5.75 Å². The van der Waals surface area contributed by atoms with Crippen molar-refractivity contribution in [1.29, 1.82) is 0 Å². The number of para-hydroxylation sites is 1. The highest BCUT2D eigenvalue weighted by molar-refractivity contribution is 7.41. The molecule has 0 spiro atoms. The topological polar surface area (TPSA) is 58.9 Å². The lowest BCUT2D eigenvalue weighted by atomic mass is 10.0. The molecule has 0 aliphatic heterocycles. The molecule has 0 saturated carbocycles. The number of benzene rings is 1. The van der Waals surface area contributed by atoms with Gasteiger partial charge in [0.05, 0.1) is 12.7 Å². The molecule has 0 fully saturated rings. The van der Waals surface area contributed by atoms with Crippen LogP contribution in [-0.2, 0) is 10.9 Å². The Labute approximate surface area is 141 Å². The Morgan fingerprint density at radius 1 is 1.04 bits per heavy atom. The second-order valence-corrected chi connectivity index (χ2v) is 6.87. The highest BCUT2D eigenvalue weighted by atomic mass is 31.2.